The van der Waals surface area contributed by atoms with Gasteiger partial charge < -0.3 is 16.2 Å². The molecule has 7 heteroatoms. The van der Waals surface area contributed by atoms with E-state index in [-0.39, 0.29) is 17.3 Å². The van der Waals surface area contributed by atoms with E-state index >= 15 is 0 Å². The number of aliphatic hydroxyl groups is 1. The Labute approximate surface area is 92.9 Å². The second kappa shape index (κ2) is 5.67. The lowest BCUT2D eigenvalue weighted by molar-refractivity contribution is 0.183. The number of hydrogen-bond acceptors (Lipinski definition) is 6. The number of hydrogen-bond donors (Lipinski definition) is 3. The van der Waals surface area contributed by atoms with Gasteiger partial charge in [0.25, 0.3) is 0 Å². The fraction of sp³-hybridized carbons (Fsp3) is 0.625. The van der Waals surface area contributed by atoms with Crippen molar-refractivity contribution < 1.29 is 5.11 Å². The van der Waals surface area contributed by atoms with Crippen molar-refractivity contribution in [2.75, 3.05) is 17.6 Å². The predicted molar refractivity (Wildman–Crippen MR) is 58.7 cm³/mol. The molecule has 0 saturated heterocycles. The third-order valence-electron chi connectivity index (χ3n) is 1.71. The minimum atomic E-state index is -0.293. The van der Waals surface area contributed by atoms with Crippen LogP contribution in [0.4, 0.5) is 11.9 Å². The van der Waals surface area contributed by atoms with Gasteiger partial charge in [-0.05, 0) is 31.4 Å². The largest absolute Gasteiger partial charge is 0.393 e. The first-order chi connectivity index (χ1) is 7.08. The summed E-state index contributed by atoms with van der Waals surface area (Å²) >= 11 is 5.59. The number of nitrogens with zero attached hydrogens (tertiary/aromatic N) is 3. The molecule has 0 aliphatic rings. The van der Waals surface area contributed by atoms with E-state index < -0.39 is 0 Å². The molecule has 15 heavy (non-hydrogen) atoms. The van der Waals surface area contributed by atoms with Gasteiger partial charge in [0, 0.05) is 6.54 Å². The summed E-state index contributed by atoms with van der Waals surface area (Å²) in [7, 11) is 0. The number of nitrogen functional groups attached to an aromatic ring is 1. The molecule has 1 unspecified atom stereocenters. The first-order valence-electron chi connectivity index (χ1n) is 4.67. The van der Waals surface area contributed by atoms with Gasteiger partial charge in [0.15, 0.2) is 0 Å². The number of nitrogens with one attached hydrogen (secondary N) is 1. The molecule has 0 amide bonds. The van der Waals surface area contributed by atoms with Gasteiger partial charge in [0.2, 0.25) is 17.2 Å². The lowest BCUT2D eigenvalue weighted by atomic mass is 10.2. The van der Waals surface area contributed by atoms with Crippen LogP contribution in [0.25, 0.3) is 0 Å². The first-order valence-corrected chi connectivity index (χ1v) is 5.04. The molecular formula is C8H14ClN5O. The Morgan fingerprint density at radius 1 is 1.47 bits per heavy atom. The van der Waals surface area contributed by atoms with Crippen molar-refractivity contribution in [3.8, 4) is 0 Å². The Bertz CT molecular complexity index is 300. The van der Waals surface area contributed by atoms with Crippen LogP contribution in [0.5, 0.6) is 0 Å². The summed E-state index contributed by atoms with van der Waals surface area (Å²) in [4.78, 5) is 11.3. The molecule has 4 N–H and O–H groups in total. The monoisotopic (exact) mass is 231 g/mol. The van der Waals surface area contributed by atoms with Gasteiger partial charge in [-0.15, -0.1) is 0 Å². The van der Waals surface area contributed by atoms with Gasteiger partial charge in [-0.1, -0.05) is 0 Å². The lowest BCUT2D eigenvalue weighted by Crippen LogP contribution is -2.10. The van der Waals surface area contributed by atoms with Gasteiger partial charge in [0.1, 0.15) is 0 Å². The summed E-state index contributed by atoms with van der Waals surface area (Å²) in [6.07, 6.45) is 1.25. The molecule has 84 valence electrons. The van der Waals surface area contributed by atoms with Gasteiger partial charge in [-0.3, -0.25) is 0 Å². The fourth-order valence-electron chi connectivity index (χ4n) is 1.04. The molecule has 1 atom stereocenters. The van der Waals surface area contributed by atoms with E-state index in [0.29, 0.717) is 12.5 Å². The lowest BCUT2D eigenvalue weighted by Gasteiger charge is -2.06. The van der Waals surface area contributed by atoms with Crippen molar-refractivity contribution >= 4 is 23.5 Å². The molecule has 0 aliphatic carbocycles. The molecule has 0 fully saturated rings. The van der Waals surface area contributed by atoms with Crippen LogP contribution in [0.2, 0.25) is 5.28 Å². The Morgan fingerprint density at radius 3 is 2.80 bits per heavy atom. The Morgan fingerprint density at radius 2 is 2.20 bits per heavy atom. The number of halogens is 1. The number of aliphatic hydroxyl groups excluding tert-OH is 1. The Balaban J connectivity index is 2.37. The van der Waals surface area contributed by atoms with Gasteiger partial charge >= 0.3 is 0 Å². The Kier molecular flexibility index (Phi) is 4.51. The van der Waals surface area contributed by atoms with Gasteiger partial charge in [0.05, 0.1) is 6.10 Å². The van der Waals surface area contributed by atoms with Crippen LogP contribution < -0.4 is 11.1 Å². The van der Waals surface area contributed by atoms with Crippen LogP contribution in [0.1, 0.15) is 19.8 Å². The zero-order valence-corrected chi connectivity index (χ0v) is 9.20. The van der Waals surface area contributed by atoms with Crippen LogP contribution in [-0.4, -0.2) is 32.7 Å². The van der Waals surface area contributed by atoms with Crippen molar-refractivity contribution in [1.29, 1.82) is 0 Å². The van der Waals surface area contributed by atoms with Crippen LogP contribution >= 0.6 is 11.6 Å². The highest BCUT2D eigenvalue weighted by Crippen LogP contribution is 2.07. The average molecular weight is 232 g/mol. The maximum absolute atomic E-state index is 9.03. The standard InChI is InChI=1S/C8H14ClN5O/c1-5(15)3-2-4-11-8-13-6(9)12-7(10)14-8/h5,15H,2-4H2,1H3,(H3,10,11,12,13,14). The van der Waals surface area contributed by atoms with Crippen LogP contribution in [0.3, 0.4) is 0 Å². The van der Waals surface area contributed by atoms with E-state index in [1.807, 2.05) is 0 Å². The molecule has 0 aromatic carbocycles. The maximum Gasteiger partial charge on any atom is 0.228 e. The number of nitrogens with two attached hydrogens (primary N) is 1. The second-order valence-electron chi connectivity index (χ2n) is 3.20. The molecule has 0 saturated carbocycles. The van der Waals surface area contributed by atoms with Crippen molar-refractivity contribution in [1.82, 2.24) is 15.0 Å². The number of aromatic nitrogens is 3. The van der Waals surface area contributed by atoms with Crippen LogP contribution in [0, 0.1) is 0 Å². The minimum absolute atomic E-state index is 0.0699. The summed E-state index contributed by atoms with van der Waals surface area (Å²) in [6.45, 7) is 2.41. The van der Waals surface area contributed by atoms with E-state index in [1.54, 1.807) is 6.92 Å². The minimum Gasteiger partial charge on any atom is -0.393 e. The smallest absolute Gasteiger partial charge is 0.228 e. The van der Waals surface area contributed by atoms with Crippen LogP contribution in [0.15, 0.2) is 0 Å². The second-order valence-corrected chi connectivity index (χ2v) is 3.54. The average Bonchev–Trinajstić information content (AvgIpc) is 2.10. The number of rotatable bonds is 5. The maximum atomic E-state index is 9.03. The highest BCUT2D eigenvalue weighted by molar-refractivity contribution is 6.28. The number of anilines is 2. The first kappa shape index (κ1) is 11.9. The van der Waals surface area contributed by atoms with E-state index in [1.165, 1.54) is 0 Å². The molecule has 0 bridgehead atoms. The van der Waals surface area contributed by atoms with Gasteiger partial charge in [-0.25, -0.2) is 0 Å². The zero-order valence-electron chi connectivity index (χ0n) is 8.44. The SMILES string of the molecule is CC(O)CCCNc1nc(N)nc(Cl)n1. The summed E-state index contributed by atoms with van der Waals surface area (Å²) < 4.78 is 0. The summed E-state index contributed by atoms with van der Waals surface area (Å²) in [5.74, 6) is 0.450. The van der Waals surface area contributed by atoms with E-state index in [2.05, 4.69) is 20.3 Å². The molecule has 0 aliphatic heterocycles. The van der Waals surface area contributed by atoms with Crippen molar-refractivity contribution in [2.45, 2.75) is 25.9 Å². The molecule has 1 rings (SSSR count). The zero-order chi connectivity index (χ0) is 11.3. The summed E-state index contributed by atoms with van der Waals surface area (Å²) in [5, 5.41) is 12.0. The summed E-state index contributed by atoms with van der Waals surface area (Å²) in [5.41, 5.74) is 5.39. The van der Waals surface area contributed by atoms with Crippen LogP contribution in [-0.2, 0) is 0 Å². The van der Waals surface area contributed by atoms with E-state index in [0.717, 1.165) is 12.8 Å². The molecule has 0 radical (unpaired) electrons. The highest BCUT2D eigenvalue weighted by Gasteiger charge is 2.01. The molecule has 1 aromatic rings. The summed E-state index contributed by atoms with van der Waals surface area (Å²) in [6, 6.07) is 0. The third-order valence-corrected chi connectivity index (χ3v) is 1.88. The molecule has 6 nitrogen and oxygen atoms in total. The quantitative estimate of drug-likeness (QED) is 0.645. The van der Waals surface area contributed by atoms with Crippen molar-refractivity contribution in [3.05, 3.63) is 5.28 Å². The molecule has 0 spiro atoms. The van der Waals surface area contributed by atoms with E-state index in [9.17, 15) is 0 Å². The predicted octanol–water partition coefficient (Wildman–Crippen LogP) is 0.680. The van der Waals surface area contributed by atoms with Gasteiger partial charge in [-0.2, -0.15) is 15.0 Å². The van der Waals surface area contributed by atoms with E-state index in [4.69, 9.17) is 22.4 Å². The normalized spacial score (nSPS) is 12.5. The topological polar surface area (TPSA) is 97.0 Å². The fourth-order valence-corrected chi connectivity index (χ4v) is 1.21. The third kappa shape index (κ3) is 4.75. The Hall–Kier alpha value is -1.14. The molecule has 1 heterocycles. The van der Waals surface area contributed by atoms with Crippen molar-refractivity contribution in [2.24, 2.45) is 0 Å². The van der Waals surface area contributed by atoms with Crippen molar-refractivity contribution in [3.63, 3.8) is 0 Å². The highest BCUT2D eigenvalue weighted by atomic mass is 35.5. The molecule has 1 aromatic heterocycles. The molecular weight excluding hydrogens is 218 g/mol.